The number of benzene rings is 3. The molecule has 2 N–H and O–H groups in total. The monoisotopic (exact) mass is 421 g/mol. The summed E-state index contributed by atoms with van der Waals surface area (Å²) in [5, 5.41) is 21.8. The number of anilines is 1. The number of nitrogens with zero attached hydrogens (tertiary/aromatic N) is 1. The lowest BCUT2D eigenvalue weighted by Gasteiger charge is -2.23. The topological polar surface area (TPSA) is 77.8 Å². The molecule has 6 heteroatoms. The summed E-state index contributed by atoms with van der Waals surface area (Å²) in [6.45, 7) is 2.21. The second-order valence-electron chi connectivity index (χ2n) is 7.46. The molecule has 0 saturated heterocycles. The molecule has 3 aromatic carbocycles. The maximum atomic E-state index is 13.4. The molecular weight excluding hydrogens is 402 g/mol. The number of aryl methyl sites for hydroxylation is 1. The normalized spacial score (nSPS) is 17.8. The number of carbonyl (C=O) groups excluding carboxylic acids is 2. The molecule has 0 spiro atoms. The number of hydrogen-bond donors (Lipinski definition) is 2. The van der Waals surface area contributed by atoms with E-state index in [2.05, 4.69) is 0 Å². The number of phenolic OH excluding ortho intramolecular Hbond substituents is 1. The van der Waals surface area contributed by atoms with Crippen molar-refractivity contribution in [2.75, 3.05) is 4.90 Å². The summed E-state index contributed by atoms with van der Waals surface area (Å²) in [6, 6.07) is 18.6. The number of rotatable bonds is 5. The maximum absolute atomic E-state index is 13.4. The van der Waals surface area contributed by atoms with Crippen LogP contribution < -0.4 is 4.90 Å². The molecule has 1 aliphatic heterocycles. The van der Waals surface area contributed by atoms with Gasteiger partial charge in [0.1, 0.15) is 5.75 Å². The molecule has 1 amide bonds. The fraction of sp³-hybridized carbons (Fsp3) is 0.167. The third kappa shape index (κ3) is 3.36. The van der Waals surface area contributed by atoms with Gasteiger partial charge in [-0.15, -0.1) is 0 Å². The minimum absolute atomic E-state index is 0.0552. The van der Waals surface area contributed by atoms with Crippen molar-refractivity contribution < 1.29 is 19.8 Å². The lowest BCUT2D eigenvalue weighted by Crippen LogP contribution is -2.41. The van der Waals surface area contributed by atoms with Crippen LogP contribution in [-0.2, 0) is 16.9 Å². The molecule has 30 heavy (non-hydrogen) atoms. The van der Waals surface area contributed by atoms with Gasteiger partial charge in [0.25, 0.3) is 5.91 Å². The Bertz CT molecular complexity index is 1160. The van der Waals surface area contributed by atoms with E-state index in [1.807, 2.05) is 31.2 Å². The molecular formula is C24H20ClNO4. The minimum Gasteiger partial charge on any atom is -0.507 e. The molecule has 0 aromatic heterocycles. The highest BCUT2D eigenvalue weighted by atomic mass is 35.5. The molecule has 0 fully saturated rings. The van der Waals surface area contributed by atoms with Crippen LogP contribution in [0.25, 0.3) is 0 Å². The number of para-hydroxylation sites is 1. The summed E-state index contributed by atoms with van der Waals surface area (Å²) in [5.74, 6) is -1.32. The van der Waals surface area contributed by atoms with Crippen LogP contribution in [0, 0.1) is 6.92 Å². The molecule has 1 heterocycles. The van der Waals surface area contributed by atoms with Gasteiger partial charge in [-0.1, -0.05) is 48.0 Å². The molecule has 3 aromatic rings. The maximum Gasteiger partial charge on any atom is 0.264 e. The van der Waals surface area contributed by atoms with Gasteiger partial charge in [0.2, 0.25) is 0 Å². The predicted octanol–water partition coefficient (Wildman–Crippen LogP) is 4.36. The lowest BCUT2D eigenvalue weighted by molar-refractivity contribution is -0.136. The molecule has 0 aliphatic carbocycles. The van der Waals surface area contributed by atoms with Crippen LogP contribution in [0.5, 0.6) is 5.75 Å². The van der Waals surface area contributed by atoms with Crippen molar-refractivity contribution >= 4 is 29.0 Å². The van der Waals surface area contributed by atoms with Crippen LogP contribution in [-0.4, -0.2) is 21.9 Å². The van der Waals surface area contributed by atoms with Gasteiger partial charge in [0.15, 0.2) is 11.4 Å². The van der Waals surface area contributed by atoms with Gasteiger partial charge >= 0.3 is 0 Å². The highest BCUT2D eigenvalue weighted by Gasteiger charge is 2.51. The Hall–Kier alpha value is -3.15. The molecule has 1 atom stereocenters. The molecule has 0 unspecified atom stereocenters. The van der Waals surface area contributed by atoms with Gasteiger partial charge in [0.05, 0.1) is 24.2 Å². The van der Waals surface area contributed by atoms with Crippen molar-refractivity contribution in [2.45, 2.75) is 25.5 Å². The first kappa shape index (κ1) is 20.1. The molecule has 4 rings (SSSR count). The number of aromatic hydroxyl groups is 1. The van der Waals surface area contributed by atoms with Gasteiger partial charge in [-0.2, -0.15) is 0 Å². The number of phenols is 1. The number of fused-ring (bicyclic) bond motifs is 1. The zero-order valence-electron chi connectivity index (χ0n) is 16.3. The average molecular weight is 422 g/mol. The Balaban J connectivity index is 1.74. The Morgan fingerprint density at radius 3 is 2.50 bits per heavy atom. The fourth-order valence-electron chi connectivity index (χ4n) is 3.85. The standard InChI is InChI=1S/C24H20ClNO4/c1-15-6-2-3-7-16(15)14-26-20-11-10-17(25)12-19(20)24(30,23(26)29)13-22(28)18-8-4-5-9-21(18)27/h2-12,27,30H,13-14H2,1H3/t24-/m1/s1. The summed E-state index contributed by atoms with van der Waals surface area (Å²) in [6.07, 6.45) is -0.499. The number of Topliss-reactive ketones (excluding diaryl/α,β-unsaturated/α-hetero) is 1. The quantitative estimate of drug-likeness (QED) is 0.600. The van der Waals surface area contributed by atoms with E-state index in [-0.39, 0.29) is 23.4 Å². The summed E-state index contributed by atoms with van der Waals surface area (Å²) in [7, 11) is 0. The van der Waals surface area contributed by atoms with Crippen molar-refractivity contribution in [1.29, 1.82) is 0 Å². The summed E-state index contributed by atoms with van der Waals surface area (Å²) < 4.78 is 0. The molecule has 152 valence electrons. The van der Waals surface area contributed by atoms with Crippen LogP contribution in [0.2, 0.25) is 5.02 Å². The first-order valence-electron chi connectivity index (χ1n) is 9.51. The minimum atomic E-state index is -2.07. The second-order valence-corrected chi connectivity index (χ2v) is 7.89. The number of carbonyl (C=O) groups is 2. The highest BCUT2D eigenvalue weighted by molar-refractivity contribution is 6.31. The van der Waals surface area contributed by atoms with Crippen LogP contribution in [0.4, 0.5) is 5.69 Å². The number of amides is 1. The smallest absolute Gasteiger partial charge is 0.264 e. The van der Waals surface area contributed by atoms with Crippen LogP contribution >= 0.6 is 11.6 Å². The van der Waals surface area contributed by atoms with E-state index < -0.39 is 23.7 Å². The molecule has 0 radical (unpaired) electrons. The van der Waals surface area contributed by atoms with Crippen molar-refractivity contribution in [3.8, 4) is 5.75 Å². The largest absolute Gasteiger partial charge is 0.507 e. The zero-order valence-corrected chi connectivity index (χ0v) is 17.1. The van der Waals surface area contributed by atoms with E-state index in [0.29, 0.717) is 10.7 Å². The van der Waals surface area contributed by atoms with Crippen molar-refractivity contribution in [3.05, 3.63) is 94.0 Å². The van der Waals surface area contributed by atoms with Gasteiger partial charge in [-0.3, -0.25) is 9.59 Å². The van der Waals surface area contributed by atoms with E-state index in [1.54, 1.807) is 24.3 Å². The van der Waals surface area contributed by atoms with E-state index in [9.17, 15) is 19.8 Å². The van der Waals surface area contributed by atoms with Crippen molar-refractivity contribution in [2.24, 2.45) is 0 Å². The predicted molar refractivity (Wildman–Crippen MR) is 115 cm³/mol. The molecule has 1 aliphatic rings. The van der Waals surface area contributed by atoms with E-state index in [0.717, 1.165) is 11.1 Å². The zero-order chi connectivity index (χ0) is 21.5. The third-order valence-electron chi connectivity index (χ3n) is 5.50. The van der Waals surface area contributed by atoms with Gasteiger partial charge < -0.3 is 15.1 Å². The highest BCUT2D eigenvalue weighted by Crippen LogP contribution is 2.45. The average Bonchev–Trinajstić information content (AvgIpc) is 2.91. The number of halogens is 1. The number of ketones is 1. The number of aliphatic hydroxyl groups is 1. The summed E-state index contributed by atoms with van der Waals surface area (Å²) in [4.78, 5) is 27.7. The Morgan fingerprint density at radius 1 is 1.07 bits per heavy atom. The lowest BCUT2D eigenvalue weighted by atomic mass is 9.88. The Kier molecular flexibility index (Phi) is 5.10. The first-order chi connectivity index (χ1) is 14.3. The van der Waals surface area contributed by atoms with Crippen molar-refractivity contribution in [3.63, 3.8) is 0 Å². The van der Waals surface area contributed by atoms with Crippen LogP contribution in [0.1, 0.15) is 33.5 Å². The molecule has 0 bridgehead atoms. The van der Waals surface area contributed by atoms with E-state index in [1.165, 1.54) is 23.1 Å². The van der Waals surface area contributed by atoms with Crippen molar-refractivity contribution in [1.82, 2.24) is 0 Å². The second kappa shape index (κ2) is 7.59. The summed E-state index contributed by atoms with van der Waals surface area (Å²) >= 11 is 6.14. The van der Waals surface area contributed by atoms with Gasteiger partial charge in [-0.05, 0) is 48.4 Å². The molecule has 5 nitrogen and oxygen atoms in total. The van der Waals surface area contributed by atoms with E-state index >= 15 is 0 Å². The van der Waals surface area contributed by atoms with Gasteiger partial charge in [0, 0.05) is 10.6 Å². The number of hydrogen-bond acceptors (Lipinski definition) is 4. The van der Waals surface area contributed by atoms with E-state index in [4.69, 9.17) is 11.6 Å². The Labute approximate surface area is 179 Å². The van der Waals surface area contributed by atoms with Gasteiger partial charge in [-0.25, -0.2) is 0 Å². The fourth-order valence-corrected chi connectivity index (χ4v) is 4.02. The van der Waals surface area contributed by atoms with Crippen LogP contribution in [0.15, 0.2) is 66.7 Å². The summed E-state index contributed by atoms with van der Waals surface area (Å²) in [5.41, 5.74) is 0.740. The van der Waals surface area contributed by atoms with Crippen LogP contribution in [0.3, 0.4) is 0 Å². The Morgan fingerprint density at radius 2 is 1.77 bits per heavy atom. The molecule has 0 saturated carbocycles. The first-order valence-corrected chi connectivity index (χ1v) is 9.89. The SMILES string of the molecule is Cc1ccccc1CN1C(=O)[C@@](O)(CC(=O)c2ccccc2O)c2cc(Cl)ccc21. The third-order valence-corrected chi connectivity index (χ3v) is 5.74.